The van der Waals surface area contributed by atoms with E-state index in [9.17, 15) is 9.59 Å². The van der Waals surface area contributed by atoms with Crippen molar-refractivity contribution >= 4 is 11.9 Å². The number of likely N-dealkylation sites (tertiary alicyclic amines) is 1. The molecule has 3 rings (SSSR count). The second-order valence-electron chi connectivity index (χ2n) is 7.70. The van der Waals surface area contributed by atoms with Gasteiger partial charge in [0.25, 0.3) is 5.91 Å². The highest BCUT2D eigenvalue weighted by atomic mass is 16.5. The summed E-state index contributed by atoms with van der Waals surface area (Å²) in [5.41, 5.74) is 4.46. The van der Waals surface area contributed by atoms with Crippen LogP contribution < -0.4 is 0 Å². The number of para-hydroxylation sites is 1. The van der Waals surface area contributed by atoms with Gasteiger partial charge >= 0.3 is 5.97 Å². The molecule has 1 fully saturated rings. The molecule has 1 amide bonds. The number of amides is 1. The molecule has 6 nitrogen and oxygen atoms in total. The quantitative estimate of drug-likeness (QED) is 0.695. The minimum absolute atomic E-state index is 0.0280. The van der Waals surface area contributed by atoms with E-state index in [2.05, 4.69) is 6.92 Å². The van der Waals surface area contributed by atoms with E-state index in [-0.39, 0.29) is 17.8 Å². The van der Waals surface area contributed by atoms with Crippen LogP contribution in [0.5, 0.6) is 0 Å². The van der Waals surface area contributed by atoms with Gasteiger partial charge in [-0.2, -0.15) is 5.10 Å². The van der Waals surface area contributed by atoms with E-state index in [0.717, 1.165) is 48.3 Å². The van der Waals surface area contributed by atoms with Crippen LogP contribution in [0.3, 0.4) is 0 Å². The van der Waals surface area contributed by atoms with Gasteiger partial charge in [0, 0.05) is 13.1 Å². The van der Waals surface area contributed by atoms with Gasteiger partial charge in [-0.25, -0.2) is 4.68 Å². The zero-order valence-corrected chi connectivity index (χ0v) is 17.9. The summed E-state index contributed by atoms with van der Waals surface area (Å²) in [5.74, 6) is -0.472. The number of ether oxygens (including phenoxy) is 1. The van der Waals surface area contributed by atoms with Gasteiger partial charge in [0.15, 0.2) is 0 Å². The highest BCUT2D eigenvalue weighted by molar-refractivity contribution is 5.97. The van der Waals surface area contributed by atoms with E-state index in [1.165, 1.54) is 0 Å². The molecule has 156 valence electrons. The van der Waals surface area contributed by atoms with Gasteiger partial charge < -0.3 is 9.64 Å². The van der Waals surface area contributed by atoms with Crippen LogP contribution in [0.15, 0.2) is 24.3 Å². The second-order valence-corrected chi connectivity index (χ2v) is 7.70. The standard InChI is InChI=1S/C23H31N3O3/c1-5-10-19-21(17(4)26(24-19)20-13-8-7-11-16(20)3)22(27)25-14-9-12-18(15-25)23(28)29-6-2/h7-8,11,13,18H,5-6,9-10,12,14-15H2,1-4H3/t18-/m0/s1. The SMILES string of the molecule is CCCc1nn(-c2ccccc2C)c(C)c1C(=O)N1CCC[C@H](C(=O)OCC)C1. The molecule has 0 unspecified atom stereocenters. The first kappa shape index (κ1) is 21.1. The third-order valence-electron chi connectivity index (χ3n) is 5.56. The molecule has 29 heavy (non-hydrogen) atoms. The minimum atomic E-state index is -0.242. The zero-order chi connectivity index (χ0) is 21.0. The van der Waals surface area contributed by atoms with Crippen LogP contribution in [0, 0.1) is 19.8 Å². The molecule has 1 saturated heterocycles. The Kier molecular flexibility index (Phi) is 6.72. The molecular weight excluding hydrogens is 366 g/mol. The molecule has 1 aromatic carbocycles. The highest BCUT2D eigenvalue weighted by Gasteiger charge is 2.32. The van der Waals surface area contributed by atoms with Crippen LogP contribution in [0.2, 0.25) is 0 Å². The summed E-state index contributed by atoms with van der Waals surface area (Å²) in [4.78, 5) is 27.5. The lowest BCUT2D eigenvalue weighted by atomic mass is 9.97. The van der Waals surface area contributed by atoms with Gasteiger partial charge in [-0.1, -0.05) is 31.5 Å². The molecule has 0 bridgehead atoms. The fourth-order valence-electron chi connectivity index (χ4n) is 4.06. The first-order valence-corrected chi connectivity index (χ1v) is 10.6. The fourth-order valence-corrected chi connectivity index (χ4v) is 4.06. The summed E-state index contributed by atoms with van der Waals surface area (Å²) in [6.45, 7) is 9.35. The Morgan fingerprint density at radius 3 is 2.66 bits per heavy atom. The second kappa shape index (κ2) is 9.25. The Morgan fingerprint density at radius 2 is 1.97 bits per heavy atom. The number of nitrogens with zero attached hydrogens (tertiary/aromatic N) is 3. The minimum Gasteiger partial charge on any atom is -0.466 e. The van der Waals surface area contributed by atoms with Crippen LogP contribution in [-0.4, -0.2) is 46.3 Å². The normalized spacial score (nSPS) is 16.7. The fraction of sp³-hybridized carbons (Fsp3) is 0.522. The van der Waals surface area contributed by atoms with Crippen molar-refractivity contribution in [2.24, 2.45) is 5.92 Å². The summed E-state index contributed by atoms with van der Waals surface area (Å²) >= 11 is 0. The summed E-state index contributed by atoms with van der Waals surface area (Å²) in [5, 5.41) is 4.81. The third kappa shape index (κ3) is 4.36. The molecule has 1 atom stereocenters. The van der Waals surface area contributed by atoms with Crippen LogP contribution in [0.4, 0.5) is 0 Å². The monoisotopic (exact) mass is 397 g/mol. The summed E-state index contributed by atoms with van der Waals surface area (Å²) < 4.78 is 7.07. The molecule has 1 aliphatic heterocycles. The summed E-state index contributed by atoms with van der Waals surface area (Å²) in [6.07, 6.45) is 3.24. The molecule has 2 aromatic rings. The number of rotatable bonds is 6. The Bertz CT molecular complexity index is 887. The number of aromatic nitrogens is 2. The smallest absolute Gasteiger partial charge is 0.310 e. The lowest BCUT2D eigenvalue weighted by molar-refractivity contribution is -0.149. The van der Waals surface area contributed by atoms with Crippen molar-refractivity contribution in [2.75, 3.05) is 19.7 Å². The van der Waals surface area contributed by atoms with E-state index in [0.29, 0.717) is 25.3 Å². The van der Waals surface area contributed by atoms with Gasteiger partial charge in [0.05, 0.1) is 35.2 Å². The first-order valence-electron chi connectivity index (χ1n) is 10.6. The van der Waals surface area contributed by atoms with Gasteiger partial charge in [-0.3, -0.25) is 9.59 Å². The zero-order valence-electron chi connectivity index (χ0n) is 17.9. The maximum Gasteiger partial charge on any atom is 0.310 e. The number of aryl methyl sites for hydroxylation is 2. The van der Waals surface area contributed by atoms with E-state index in [4.69, 9.17) is 9.84 Å². The third-order valence-corrected chi connectivity index (χ3v) is 5.56. The maximum atomic E-state index is 13.5. The molecule has 6 heteroatoms. The number of benzene rings is 1. The number of esters is 1. The Hall–Kier alpha value is -2.63. The van der Waals surface area contributed by atoms with E-state index in [1.54, 1.807) is 4.90 Å². The maximum absolute atomic E-state index is 13.5. The molecular formula is C23H31N3O3. The van der Waals surface area contributed by atoms with Gasteiger partial charge in [0.2, 0.25) is 0 Å². The predicted octanol–water partition coefficient (Wildman–Crippen LogP) is 3.86. The number of hydrogen-bond acceptors (Lipinski definition) is 4. The van der Waals surface area contributed by atoms with Crippen molar-refractivity contribution in [2.45, 2.75) is 53.4 Å². The summed E-state index contributed by atoms with van der Waals surface area (Å²) in [6, 6.07) is 8.06. The molecule has 0 saturated carbocycles. The molecule has 0 N–H and O–H groups in total. The Labute approximate surface area is 172 Å². The van der Waals surface area contributed by atoms with Crippen molar-refractivity contribution in [3.63, 3.8) is 0 Å². The number of carbonyl (C=O) groups excluding carboxylic acids is 2. The van der Waals surface area contributed by atoms with E-state index in [1.807, 2.05) is 49.7 Å². The lowest BCUT2D eigenvalue weighted by Gasteiger charge is -2.31. The summed E-state index contributed by atoms with van der Waals surface area (Å²) in [7, 11) is 0. The molecule has 1 aliphatic rings. The van der Waals surface area contributed by atoms with Crippen molar-refractivity contribution in [1.29, 1.82) is 0 Å². The van der Waals surface area contributed by atoms with E-state index < -0.39 is 0 Å². The molecule has 0 radical (unpaired) electrons. The molecule has 0 spiro atoms. The van der Waals surface area contributed by atoms with Crippen molar-refractivity contribution < 1.29 is 14.3 Å². The van der Waals surface area contributed by atoms with Gasteiger partial charge in [-0.05, 0) is 51.7 Å². The van der Waals surface area contributed by atoms with Gasteiger partial charge in [0.1, 0.15) is 0 Å². The number of piperidine rings is 1. The largest absolute Gasteiger partial charge is 0.466 e. The van der Waals surface area contributed by atoms with Crippen molar-refractivity contribution in [3.8, 4) is 5.69 Å². The highest BCUT2D eigenvalue weighted by Crippen LogP contribution is 2.26. The Morgan fingerprint density at radius 1 is 1.21 bits per heavy atom. The Balaban J connectivity index is 1.94. The average molecular weight is 398 g/mol. The molecule has 1 aromatic heterocycles. The number of hydrogen-bond donors (Lipinski definition) is 0. The van der Waals surface area contributed by atoms with Crippen LogP contribution in [-0.2, 0) is 16.0 Å². The van der Waals surface area contributed by atoms with Crippen molar-refractivity contribution in [1.82, 2.24) is 14.7 Å². The number of carbonyl (C=O) groups is 2. The average Bonchev–Trinajstić information content (AvgIpc) is 3.04. The van der Waals surface area contributed by atoms with Crippen molar-refractivity contribution in [3.05, 3.63) is 46.8 Å². The lowest BCUT2D eigenvalue weighted by Crippen LogP contribution is -2.43. The first-order chi connectivity index (χ1) is 14.0. The van der Waals surface area contributed by atoms with Crippen LogP contribution in [0.1, 0.15) is 60.4 Å². The molecule has 2 heterocycles. The predicted molar refractivity (Wildman–Crippen MR) is 112 cm³/mol. The van der Waals surface area contributed by atoms with Gasteiger partial charge in [-0.15, -0.1) is 0 Å². The topological polar surface area (TPSA) is 64.4 Å². The molecule has 0 aliphatic carbocycles. The van der Waals surface area contributed by atoms with Crippen LogP contribution in [0.25, 0.3) is 5.69 Å². The van der Waals surface area contributed by atoms with Crippen LogP contribution >= 0.6 is 0 Å². The van der Waals surface area contributed by atoms with E-state index >= 15 is 0 Å².